The first-order valence-electron chi connectivity index (χ1n) is 9.10. The number of hydrogen-bond acceptors (Lipinski definition) is 3. The Hall–Kier alpha value is -2.83. The highest BCUT2D eigenvalue weighted by atomic mass is 35.5. The van der Waals surface area contributed by atoms with Crippen LogP contribution in [-0.4, -0.2) is 17.8 Å². The third kappa shape index (κ3) is 4.44. The molecule has 0 radical (unpaired) electrons. The fourth-order valence-electron chi connectivity index (χ4n) is 3.16. The molecule has 0 aliphatic heterocycles. The van der Waals surface area contributed by atoms with Crippen LogP contribution in [-0.2, 0) is 15.8 Å². The SMILES string of the molecule is Cc1ccn2cc(-c3ccc(C)c(NS(=O)(=O)Cc4cccc(Cl)c4)c3)nc2c1. The highest BCUT2D eigenvalue weighted by molar-refractivity contribution is 7.91. The number of aryl methyl sites for hydroxylation is 2. The number of hydrogen-bond donors (Lipinski definition) is 1. The summed E-state index contributed by atoms with van der Waals surface area (Å²) in [7, 11) is -3.59. The van der Waals surface area contributed by atoms with Crippen molar-refractivity contribution >= 4 is 33.0 Å². The Morgan fingerprint density at radius 2 is 1.90 bits per heavy atom. The maximum absolute atomic E-state index is 12.7. The molecule has 7 heteroatoms. The molecule has 4 aromatic rings. The Kier molecular flexibility index (Phi) is 5.06. The zero-order valence-electron chi connectivity index (χ0n) is 16.1. The van der Waals surface area contributed by atoms with Crippen molar-refractivity contribution in [3.8, 4) is 11.3 Å². The van der Waals surface area contributed by atoms with Crippen molar-refractivity contribution in [2.75, 3.05) is 4.72 Å². The van der Waals surface area contributed by atoms with Crippen LogP contribution >= 0.6 is 11.6 Å². The second kappa shape index (κ2) is 7.54. The van der Waals surface area contributed by atoms with Gasteiger partial charge in [-0.2, -0.15) is 0 Å². The number of pyridine rings is 1. The quantitative estimate of drug-likeness (QED) is 0.477. The van der Waals surface area contributed by atoms with E-state index in [4.69, 9.17) is 11.6 Å². The zero-order valence-corrected chi connectivity index (χ0v) is 17.6. The predicted molar refractivity (Wildman–Crippen MR) is 118 cm³/mol. The first kappa shape index (κ1) is 19.5. The van der Waals surface area contributed by atoms with Crippen LogP contribution < -0.4 is 4.72 Å². The van der Waals surface area contributed by atoms with E-state index in [0.717, 1.165) is 28.0 Å². The van der Waals surface area contributed by atoms with Gasteiger partial charge in [-0.05, 0) is 60.9 Å². The molecule has 0 saturated heterocycles. The van der Waals surface area contributed by atoms with Gasteiger partial charge >= 0.3 is 0 Å². The summed E-state index contributed by atoms with van der Waals surface area (Å²) in [5.74, 6) is -0.148. The number of imidazole rings is 1. The molecule has 4 rings (SSSR count). The van der Waals surface area contributed by atoms with Gasteiger partial charge < -0.3 is 4.40 Å². The summed E-state index contributed by atoms with van der Waals surface area (Å²) in [5, 5.41) is 0.512. The van der Waals surface area contributed by atoms with Crippen LogP contribution in [0.2, 0.25) is 5.02 Å². The van der Waals surface area contributed by atoms with E-state index in [1.165, 1.54) is 0 Å². The van der Waals surface area contributed by atoms with E-state index < -0.39 is 10.0 Å². The van der Waals surface area contributed by atoms with E-state index in [1.54, 1.807) is 24.3 Å². The van der Waals surface area contributed by atoms with Crippen LogP contribution in [0.4, 0.5) is 5.69 Å². The lowest BCUT2D eigenvalue weighted by Gasteiger charge is -2.12. The molecule has 0 fully saturated rings. The maximum atomic E-state index is 12.7. The summed E-state index contributed by atoms with van der Waals surface area (Å²) in [6.07, 6.45) is 3.90. The third-order valence-corrected chi connectivity index (χ3v) is 6.14. The average molecular weight is 426 g/mol. The maximum Gasteiger partial charge on any atom is 0.236 e. The highest BCUT2D eigenvalue weighted by Crippen LogP contribution is 2.27. The number of aromatic nitrogens is 2. The number of sulfonamides is 1. The van der Waals surface area contributed by atoms with Gasteiger partial charge in [-0.3, -0.25) is 4.72 Å². The van der Waals surface area contributed by atoms with Crippen molar-refractivity contribution in [2.45, 2.75) is 19.6 Å². The number of anilines is 1. The minimum absolute atomic E-state index is 0.148. The molecule has 2 heterocycles. The van der Waals surface area contributed by atoms with E-state index in [1.807, 2.05) is 61.0 Å². The number of halogens is 1. The van der Waals surface area contributed by atoms with Crippen molar-refractivity contribution in [1.82, 2.24) is 9.38 Å². The first-order valence-corrected chi connectivity index (χ1v) is 11.1. The Morgan fingerprint density at radius 1 is 1.07 bits per heavy atom. The van der Waals surface area contributed by atoms with Crippen molar-refractivity contribution in [1.29, 1.82) is 0 Å². The van der Waals surface area contributed by atoms with E-state index >= 15 is 0 Å². The van der Waals surface area contributed by atoms with Crippen molar-refractivity contribution < 1.29 is 8.42 Å². The van der Waals surface area contributed by atoms with Gasteiger partial charge in [0.2, 0.25) is 10.0 Å². The van der Waals surface area contributed by atoms with Gasteiger partial charge in [-0.1, -0.05) is 35.9 Å². The molecule has 0 saturated carbocycles. The first-order chi connectivity index (χ1) is 13.8. The molecule has 0 spiro atoms. The van der Waals surface area contributed by atoms with Gasteiger partial charge in [0.25, 0.3) is 0 Å². The number of rotatable bonds is 5. The molecule has 2 aromatic heterocycles. The smallest absolute Gasteiger partial charge is 0.236 e. The van der Waals surface area contributed by atoms with Gasteiger partial charge in [0, 0.05) is 23.0 Å². The standard InChI is InChI=1S/C22H20ClN3O2S/c1-15-8-9-26-13-21(24-22(26)10-15)18-7-6-16(2)20(12-18)25-29(27,28)14-17-4-3-5-19(23)11-17/h3-13,25H,14H2,1-2H3. The van der Waals surface area contributed by atoms with Gasteiger partial charge in [0.05, 0.1) is 17.1 Å². The molecule has 2 aromatic carbocycles. The minimum atomic E-state index is -3.59. The van der Waals surface area contributed by atoms with Crippen LogP contribution in [0.25, 0.3) is 16.9 Å². The summed E-state index contributed by atoms with van der Waals surface area (Å²) >= 11 is 5.97. The Balaban J connectivity index is 1.64. The fraction of sp³-hybridized carbons (Fsp3) is 0.136. The molecule has 0 aliphatic rings. The van der Waals surface area contributed by atoms with E-state index in [2.05, 4.69) is 9.71 Å². The molecule has 0 amide bonds. The number of benzene rings is 2. The Labute approximate surface area is 175 Å². The lowest BCUT2D eigenvalue weighted by Crippen LogP contribution is -2.15. The summed E-state index contributed by atoms with van der Waals surface area (Å²) < 4.78 is 30.0. The van der Waals surface area contributed by atoms with E-state index in [-0.39, 0.29) is 5.75 Å². The van der Waals surface area contributed by atoms with E-state index in [0.29, 0.717) is 16.3 Å². The molecule has 148 valence electrons. The molecule has 0 bridgehead atoms. The van der Waals surface area contributed by atoms with Gasteiger partial charge in [-0.15, -0.1) is 0 Å². The van der Waals surface area contributed by atoms with Crippen molar-refractivity contribution in [3.63, 3.8) is 0 Å². The van der Waals surface area contributed by atoms with Crippen LogP contribution in [0.5, 0.6) is 0 Å². The number of nitrogens with one attached hydrogen (secondary N) is 1. The zero-order chi connectivity index (χ0) is 20.6. The van der Waals surface area contributed by atoms with Crippen molar-refractivity contribution in [3.05, 3.63) is 88.7 Å². The second-order valence-corrected chi connectivity index (χ2v) is 9.28. The highest BCUT2D eigenvalue weighted by Gasteiger charge is 2.15. The molecular weight excluding hydrogens is 406 g/mol. The lowest BCUT2D eigenvalue weighted by atomic mass is 10.1. The van der Waals surface area contributed by atoms with Crippen molar-refractivity contribution in [2.24, 2.45) is 0 Å². The fourth-order valence-corrected chi connectivity index (χ4v) is 4.62. The lowest BCUT2D eigenvalue weighted by molar-refractivity contribution is 0.600. The molecule has 1 N–H and O–H groups in total. The summed E-state index contributed by atoms with van der Waals surface area (Å²) in [5.41, 5.74) is 5.62. The van der Waals surface area contributed by atoms with E-state index in [9.17, 15) is 8.42 Å². The molecule has 0 unspecified atom stereocenters. The summed E-state index contributed by atoms with van der Waals surface area (Å²) in [6, 6.07) is 16.5. The third-order valence-electron chi connectivity index (χ3n) is 4.66. The molecule has 0 atom stereocenters. The van der Waals surface area contributed by atoms with Crippen LogP contribution in [0, 0.1) is 13.8 Å². The molecule has 0 aliphatic carbocycles. The largest absolute Gasteiger partial charge is 0.306 e. The molecular formula is C22H20ClN3O2S. The van der Waals surface area contributed by atoms with Crippen LogP contribution in [0.15, 0.2) is 67.0 Å². The van der Waals surface area contributed by atoms with Crippen LogP contribution in [0.1, 0.15) is 16.7 Å². The monoisotopic (exact) mass is 425 g/mol. The Morgan fingerprint density at radius 3 is 2.69 bits per heavy atom. The van der Waals surface area contributed by atoms with Gasteiger partial charge in [-0.25, -0.2) is 13.4 Å². The minimum Gasteiger partial charge on any atom is -0.306 e. The molecule has 29 heavy (non-hydrogen) atoms. The normalized spacial score (nSPS) is 11.7. The molecule has 5 nitrogen and oxygen atoms in total. The van der Waals surface area contributed by atoms with Crippen LogP contribution in [0.3, 0.4) is 0 Å². The van der Waals surface area contributed by atoms with Gasteiger partial charge in [0.1, 0.15) is 5.65 Å². The predicted octanol–water partition coefficient (Wildman–Crippen LogP) is 5.21. The summed E-state index contributed by atoms with van der Waals surface area (Å²) in [6.45, 7) is 3.89. The summed E-state index contributed by atoms with van der Waals surface area (Å²) in [4.78, 5) is 4.66. The Bertz CT molecular complexity index is 1310. The second-order valence-electron chi connectivity index (χ2n) is 7.12. The average Bonchev–Trinajstić information content (AvgIpc) is 3.06. The number of fused-ring (bicyclic) bond motifs is 1. The topological polar surface area (TPSA) is 63.5 Å². The van der Waals surface area contributed by atoms with Gasteiger partial charge in [0.15, 0.2) is 0 Å². The number of nitrogens with zero attached hydrogens (tertiary/aromatic N) is 2.